The second kappa shape index (κ2) is 10.5. The van der Waals surface area contributed by atoms with Gasteiger partial charge in [-0.3, -0.25) is 9.59 Å². The molecule has 0 bridgehead atoms. The van der Waals surface area contributed by atoms with Crippen molar-refractivity contribution in [3.63, 3.8) is 0 Å². The Morgan fingerprint density at radius 3 is 2.55 bits per heavy atom. The number of nitrogens with zero attached hydrogens (tertiary/aromatic N) is 4. The van der Waals surface area contributed by atoms with Gasteiger partial charge in [0.05, 0.1) is 5.69 Å². The van der Waals surface area contributed by atoms with Gasteiger partial charge in [-0.1, -0.05) is 12.1 Å². The molecule has 0 aliphatic carbocycles. The first kappa shape index (κ1) is 24.3. The summed E-state index contributed by atoms with van der Waals surface area (Å²) in [6.07, 6.45) is 3.84. The van der Waals surface area contributed by atoms with Crippen molar-refractivity contribution < 1.29 is 19.1 Å². The van der Waals surface area contributed by atoms with E-state index in [0.29, 0.717) is 24.4 Å². The Labute approximate surface area is 194 Å². The maximum atomic E-state index is 13.2. The monoisotopic (exact) mass is 452 g/mol. The highest BCUT2D eigenvalue weighted by atomic mass is 16.6. The summed E-state index contributed by atoms with van der Waals surface area (Å²) in [6, 6.07) is 12.8. The predicted octanol–water partition coefficient (Wildman–Crippen LogP) is 3.26. The lowest BCUT2D eigenvalue weighted by Gasteiger charge is -2.26. The second-order valence-corrected chi connectivity index (χ2v) is 9.13. The van der Waals surface area contributed by atoms with E-state index in [-0.39, 0.29) is 19.1 Å². The van der Waals surface area contributed by atoms with Crippen molar-refractivity contribution in [1.29, 1.82) is 0 Å². The molecule has 2 heterocycles. The Balaban J connectivity index is 1.70. The van der Waals surface area contributed by atoms with Gasteiger partial charge in [0.1, 0.15) is 30.1 Å². The SMILES string of the molecule is CN(C)CCN(CC(=O)OC(C)(C)C)C(=O)c1cccc(OCc2cn3ccccc3n2)c1. The second-order valence-electron chi connectivity index (χ2n) is 9.13. The number of imidazole rings is 1. The molecule has 0 aliphatic heterocycles. The van der Waals surface area contributed by atoms with Gasteiger partial charge in [0.2, 0.25) is 0 Å². The topological polar surface area (TPSA) is 76.4 Å². The molecule has 176 valence electrons. The number of rotatable bonds is 9. The first-order chi connectivity index (χ1) is 15.6. The summed E-state index contributed by atoms with van der Waals surface area (Å²) in [6.45, 7) is 6.61. The highest BCUT2D eigenvalue weighted by Crippen LogP contribution is 2.17. The van der Waals surface area contributed by atoms with Crippen LogP contribution >= 0.6 is 0 Å². The molecule has 0 aliphatic rings. The van der Waals surface area contributed by atoms with E-state index in [2.05, 4.69) is 4.98 Å². The third kappa shape index (κ3) is 7.32. The van der Waals surface area contributed by atoms with Crippen molar-refractivity contribution in [2.24, 2.45) is 0 Å². The zero-order valence-electron chi connectivity index (χ0n) is 19.9. The van der Waals surface area contributed by atoms with Crippen molar-refractivity contribution in [2.45, 2.75) is 33.0 Å². The van der Waals surface area contributed by atoms with E-state index in [1.807, 2.05) is 54.0 Å². The molecule has 2 aromatic heterocycles. The van der Waals surface area contributed by atoms with Crippen LogP contribution in [0.5, 0.6) is 5.75 Å². The normalized spacial score (nSPS) is 11.6. The van der Waals surface area contributed by atoms with Crippen LogP contribution in [0.4, 0.5) is 0 Å². The molecule has 0 N–H and O–H groups in total. The summed E-state index contributed by atoms with van der Waals surface area (Å²) < 4.78 is 13.2. The molecule has 0 saturated carbocycles. The molecule has 3 rings (SSSR count). The van der Waals surface area contributed by atoms with Gasteiger partial charge >= 0.3 is 5.97 Å². The number of amides is 1. The number of carbonyl (C=O) groups excluding carboxylic acids is 2. The van der Waals surface area contributed by atoms with Crippen LogP contribution in [0.3, 0.4) is 0 Å². The summed E-state index contributed by atoms with van der Waals surface area (Å²) >= 11 is 0. The Morgan fingerprint density at radius 2 is 1.85 bits per heavy atom. The molecule has 0 unspecified atom stereocenters. The van der Waals surface area contributed by atoms with Crippen LogP contribution in [-0.2, 0) is 16.1 Å². The third-order valence-corrected chi connectivity index (χ3v) is 4.73. The smallest absolute Gasteiger partial charge is 0.326 e. The number of esters is 1. The summed E-state index contributed by atoms with van der Waals surface area (Å²) in [5.74, 6) is -0.127. The maximum absolute atomic E-state index is 13.2. The average Bonchev–Trinajstić information content (AvgIpc) is 3.16. The first-order valence-corrected chi connectivity index (χ1v) is 10.9. The molecule has 0 radical (unpaired) electrons. The lowest BCUT2D eigenvalue weighted by molar-refractivity contribution is -0.155. The standard InChI is InChI=1S/C25H32N4O4/c1-25(2,3)33-23(30)17-29(14-13-27(4)5)24(31)19-9-8-10-21(15-19)32-18-20-16-28-12-7-6-11-22(28)26-20/h6-12,15-16H,13-14,17-18H2,1-5H3. The molecule has 0 spiro atoms. The Bertz CT molecular complexity index is 1070. The maximum Gasteiger partial charge on any atom is 0.326 e. The number of ether oxygens (including phenoxy) is 2. The van der Waals surface area contributed by atoms with E-state index in [0.717, 1.165) is 11.3 Å². The Morgan fingerprint density at radius 1 is 1.06 bits per heavy atom. The van der Waals surface area contributed by atoms with Crippen LogP contribution in [0.1, 0.15) is 36.8 Å². The number of aromatic nitrogens is 2. The van der Waals surface area contributed by atoms with Gasteiger partial charge in [-0.2, -0.15) is 0 Å². The lowest BCUT2D eigenvalue weighted by Crippen LogP contribution is -2.42. The Kier molecular flexibility index (Phi) is 7.71. The molecule has 0 saturated heterocycles. The molecule has 1 aromatic carbocycles. The molecule has 8 nitrogen and oxygen atoms in total. The van der Waals surface area contributed by atoms with Gasteiger partial charge in [-0.15, -0.1) is 0 Å². The van der Waals surface area contributed by atoms with Crippen LogP contribution in [0.15, 0.2) is 54.9 Å². The van der Waals surface area contributed by atoms with E-state index < -0.39 is 11.6 Å². The van der Waals surface area contributed by atoms with Crippen molar-refractivity contribution in [3.8, 4) is 5.75 Å². The lowest BCUT2D eigenvalue weighted by atomic mass is 10.1. The van der Waals surface area contributed by atoms with Crippen LogP contribution in [-0.4, -0.2) is 70.4 Å². The minimum atomic E-state index is -0.612. The number of hydrogen-bond acceptors (Lipinski definition) is 6. The number of likely N-dealkylation sites (N-methyl/N-ethyl adjacent to an activating group) is 1. The number of fused-ring (bicyclic) bond motifs is 1. The summed E-state index contributed by atoms with van der Waals surface area (Å²) in [5, 5.41) is 0. The minimum Gasteiger partial charge on any atom is -0.487 e. The van der Waals surface area contributed by atoms with E-state index in [1.54, 1.807) is 45.0 Å². The van der Waals surface area contributed by atoms with Crippen molar-refractivity contribution in [1.82, 2.24) is 19.2 Å². The zero-order valence-corrected chi connectivity index (χ0v) is 19.9. The van der Waals surface area contributed by atoms with E-state index >= 15 is 0 Å². The molecule has 3 aromatic rings. The molecule has 33 heavy (non-hydrogen) atoms. The fourth-order valence-electron chi connectivity index (χ4n) is 3.22. The predicted molar refractivity (Wildman–Crippen MR) is 126 cm³/mol. The van der Waals surface area contributed by atoms with Crippen LogP contribution in [0.2, 0.25) is 0 Å². The third-order valence-electron chi connectivity index (χ3n) is 4.73. The molecular weight excluding hydrogens is 420 g/mol. The first-order valence-electron chi connectivity index (χ1n) is 10.9. The van der Waals surface area contributed by atoms with Gasteiger partial charge in [0, 0.05) is 31.0 Å². The van der Waals surface area contributed by atoms with Crippen LogP contribution in [0.25, 0.3) is 5.65 Å². The van der Waals surface area contributed by atoms with Crippen molar-refractivity contribution in [3.05, 3.63) is 66.1 Å². The minimum absolute atomic E-state index is 0.115. The van der Waals surface area contributed by atoms with Gasteiger partial charge in [0.25, 0.3) is 5.91 Å². The van der Waals surface area contributed by atoms with Gasteiger partial charge < -0.3 is 23.7 Å². The molecule has 8 heteroatoms. The van der Waals surface area contributed by atoms with Gasteiger partial charge in [0.15, 0.2) is 0 Å². The highest BCUT2D eigenvalue weighted by molar-refractivity contribution is 5.96. The molecular formula is C25H32N4O4. The average molecular weight is 453 g/mol. The highest BCUT2D eigenvalue weighted by Gasteiger charge is 2.23. The summed E-state index contributed by atoms with van der Waals surface area (Å²) in [4.78, 5) is 33.6. The Hall–Kier alpha value is -3.39. The number of carbonyl (C=O) groups is 2. The zero-order chi connectivity index (χ0) is 24.0. The quantitative estimate of drug-likeness (QED) is 0.464. The van der Waals surface area contributed by atoms with E-state index in [9.17, 15) is 9.59 Å². The summed E-state index contributed by atoms with van der Waals surface area (Å²) in [5.41, 5.74) is 1.47. The van der Waals surface area contributed by atoms with Crippen molar-refractivity contribution in [2.75, 3.05) is 33.7 Å². The molecule has 1 amide bonds. The molecule has 0 fully saturated rings. The molecule has 0 atom stereocenters. The van der Waals surface area contributed by atoms with Gasteiger partial charge in [-0.05, 0) is 65.2 Å². The number of benzene rings is 1. The van der Waals surface area contributed by atoms with Crippen LogP contribution in [0, 0.1) is 0 Å². The number of hydrogen-bond donors (Lipinski definition) is 0. The van der Waals surface area contributed by atoms with Crippen LogP contribution < -0.4 is 4.74 Å². The largest absolute Gasteiger partial charge is 0.487 e. The fraction of sp³-hybridized carbons (Fsp3) is 0.400. The van der Waals surface area contributed by atoms with E-state index in [4.69, 9.17) is 9.47 Å². The number of pyridine rings is 1. The van der Waals surface area contributed by atoms with Crippen molar-refractivity contribution >= 4 is 17.5 Å². The van der Waals surface area contributed by atoms with E-state index in [1.165, 1.54) is 4.90 Å². The summed E-state index contributed by atoms with van der Waals surface area (Å²) in [7, 11) is 3.84. The van der Waals surface area contributed by atoms with Gasteiger partial charge in [-0.25, -0.2) is 4.98 Å². The fourth-order valence-corrected chi connectivity index (χ4v) is 3.22.